The summed E-state index contributed by atoms with van der Waals surface area (Å²) < 4.78 is 0. The zero-order chi connectivity index (χ0) is 10.4. The largest absolute Gasteiger partial charge is 0.388 e. The fraction of sp³-hybridized carbons (Fsp3) is 0.455. The van der Waals surface area contributed by atoms with Crippen molar-refractivity contribution in [2.75, 3.05) is 18.9 Å². The van der Waals surface area contributed by atoms with Crippen LogP contribution in [0.3, 0.4) is 0 Å². The van der Waals surface area contributed by atoms with E-state index in [1.165, 1.54) is 11.3 Å². The Morgan fingerprint density at radius 1 is 1.36 bits per heavy atom. The lowest BCUT2D eigenvalue weighted by atomic mass is 10.1. The highest BCUT2D eigenvalue weighted by Crippen LogP contribution is 2.13. The van der Waals surface area contributed by atoms with Crippen molar-refractivity contribution in [2.24, 2.45) is 5.73 Å². The van der Waals surface area contributed by atoms with Crippen LogP contribution in [-0.4, -0.2) is 19.6 Å². The topological polar surface area (TPSA) is 50.1 Å². The Kier molecular flexibility index (Phi) is 4.43. The van der Waals surface area contributed by atoms with Crippen molar-refractivity contribution in [3.05, 3.63) is 29.8 Å². The van der Waals surface area contributed by atoms with E-state index in [-0.39, 0.29) is 0 Å². The normalized spacial score (nSPS) is 12.5. The Morgan fingerprint density at radius 3 is 2.71 bits per heavy atom. The summed E-state index contributed by atoms with van der Waals surface area (Å²) in [5.74, 6) is 0. The average molecular weight is 193 g/mol. The van der Waals surface area contributed by atoms with Crippen LogP contribution in [0.4, 0.5) is 5.69 Å². The Morgan fingerprint density at radius 2 is 2.07 bits per heavy atom. The van der Waals surface area contributed by atoms with Crippen LogP contribution in [0.15, 0.2) is 24.3 Å². The highest BCUT2D eigenvalue weighted by molar-refractivity contribution is 5.50. The number of para-hydroxylation sites is 1. The fourth-order valence-electron chi connectivity index (χ4n) is 1.29. The molecule has 1 rings (SSSR count). The van der Waals surface area contributed by atoms with Gasteiger partial charge in [0.15, 0.2) is 0 Å². The molecule has 1 aromatic rings. The van der Waals surface area contributed by atoms with Crippen LogP contribution in [-0.2, 0) is 6.54 Å². The molecule has 0 radical (unpaired) electrons. The molecule has 0 saturated heterocycles. The van der Waals surface area contributed by atoms with Crippen LogP contribution >= 0.6 is 0 Å². The third kappa shape index (κ3) is 3.01. The van der Waals surface area contributed by atoms with Gasteiger partial charge in [0, 0.05) is 31.9 Å². The van der Waals surface area contributed by atoms with E-state index < -0.39 is 0 Å². The van der Waals surface area contributed by atoms with Gasteiger partial charge in [0.05, 0.1) is 0 Å². The molecule has 0 spiro atoms. The molecule has 0 saturated carbocycles. The van der Waals surface area contributed by atoms with Gasteiger partial charge in [-0.1, -0.05) is 18.2 Å². The quantitative estimate of drug-likeness (QED) is 0.658. The van der Waals surface area contributed by atoms with E-state index in [0.29, 0.717) is 12.6 Å². The number of hydrogen-bond acceptors (Lipinski definition) is 3. The average Bonchev–Trinajstić information content (AvgIpc) is 2.26. The molecule has 1 aromatic carbocycles. The number of nitrogens with one attached hydrogen (secondary N) is 2. The van der Waals surface area contributed by atoms with Gasteiger partial charge in [0.25, 0.3) is 0 Å². The molecule has 0 amide bonds. The van der Waals surface area contributed by atoms with Gasteiger partial charge < -0.3 is 16.4 Å². The molecule has 0 aliphatic rings. The first-order chi connectivity index (χ1) is 6.77. The van der Waals surface area contributed by atoms with Crippen molar-refractivity contribution in [1.82, 2.24) is 5.32 Å². The lowest BCUT2D eigenvalue weighted by Crippen LogP contribution is -2.32. The highest BCUT2D eigenvalue weighted by atomic mass is 14.9. The Balaban J connectivity index is 2.57. The first-order valence-electron chi connectivity index (χ1n) is 4.97. The standard InChI is InChI=1S/C11H19N3/c1-9(7-12)14-8-10-5-3-4-6-11(10)13-2/h3-6,9,13-14H,7-8,12H2,1-2H3/t9-/m1/s1. The summed E-state index contributed by atoms with van der Waals surface area (Å²) in [5, 5.41) is 6.52. The van der Waals surface area contributed by atoms with Crippen molar-refractivity contribution in [1.29, 1.82) is 0 Å². The van der Waals surface area contributed by atoms with Crippen molar-refractivity contribution in [3.63, 3.8) is 0 Å². The predicted molar refractivity (Wildman–Crippen MR) is 61.3 cm³/mol. The molecular weight excluding hydrogens is 174 g/mol. The molecule has 0 aromatic heterocycles. The molecule has 3 heteroatoms. The molecular formula is C11H19N3. The van der Waals surface area contributed by atoms with E-state index in [9.17, 15) is 0 Å². The van der Waals surface area contributed by atoms with Crippen LogP contribution in [0.5, 0.6) is 0 Å². The Labute approximate surface area is 85.7 Å². The number of anilines is 1. The van der Waals surface area contributed by atoms with Gasteiger partial charge >= 0.3 is 0 Å². The molecule has 0 fully saturated rings. The van der Waals surface area contributed by atoms with Gasteiger partial charge in [-0.15, -0.1) is 0 Å². The second kappa shape index (κ2) is 5.62. The zero-order valence-corrected chi connectivity index (χ0v) is 8.88. The summed E-state index contributed by atoms with van der Waals surface area (Å²) in [6, 6.07) is 8.62. The third-order valence-electron chi connectivity index (χ3n) is 2.28. The Hall–Kier alpha value is -1.06. The number of hydrogen-bond donors (Lipinski definition) is 3. The second-order valence-electron chi connectivity index (χ2n) is 3.42. The summed E-state index contributed by atoms with van der Waals surface area (Å²) >= 11 is 0. The van der Waals surface area contributed by atoms with Crippen LogP contribution in [0.1, 0.15) is 12.5 Å². The van der Waals surface area contributed by atoms with Gasteiger partial charge in [-0.05, 0) is 18.6 Å². The monoisotopic (exact) mass is 193 g/mol. The van der Waals surface area contributed by atoms with Crippen molar-refractivity contribution in [2.45, 2.75) is 19.5 Å². The smallest absolute Gasteiger partial charge is 0.0383 e. The van der Waals surface area contributed by atoms with Gasteiger partial charge in [-0.2, -0.15) is 0 Å². The van der Waals surface area contributed by atoms with E-state index in [1.807, 2.05) is 19.2 Å². The molecule has 14 heavy (non-hydrogen) atoms. The van der Waals surface area contributed by atoms with Gasteiger partial charge in [0.2, 0.25) is 0 Å². The zero-order valence-electron chi connectivity index (χ0n) is 8.88. The van der Waals surface area contributed by atoms with Crippen LogP contribution < -0.4 is 16.4 Å². The van der Waals surface area contributed by atoms with Crippen molar-refractivity contribution in [3.8, 4) is 0 Å². The van der Waals surface area contributed by atoms with Crippen LogP contribution in [0.2, 0.25) is 0 Å². The van der Waals surface area contributed by atoms with Gasteiger partial charge in [-0.3, -0.25) is 0 Å². The minimum absolute atomic E-state index is 0.361. The molecule has 0 aliphatic heterocycles. The second-order valence-corrected chi connectivity index (χ2v) is 3.42. The summed E-state index contributed by atoms with van der Waals surface area (Å²) in [5.41, 5.74) is 7.97. The first-order valence-corrected chi connectivity index (χ1v) is 4.97. The lowest BCUT2D eigenvalue weighted by Gasteiger charge is -2.13. The lowest BCUT2D eigenvalue weighted by molar-refractivity contribution is 0.557. The summed E-state index contributed by atoms with van der Waals surface area (Å²) in [6.45, 7) is 3.61. The van der Waals surface area contributed by atoms with Gasteiger partial charge in [0.1, 0.15) is 0 Å². The van der Waals surface area contributed by atoms with E-state index in [1.54, 1.807) is 0 Å². The molecule has 0 aliphatic carbocycles. The maximum Gasteiger partial charge on any atom is 0.0383 e. The van der Waals surface area contributed by atoms with Crippen molar-refractivity contribution >= 4 is 5.69 Å². The minimum Gasteiger partial charge on any atom is -0.388 e. The maximum absolute atomic E-state index is 5.53. The maximum atomic E-state index is 5.53. The highest BCUT2D eigenvalue weighted by Gasteiger charge is 2.01. The number of benzene rings is 1. The predicted octanol–water partition coefficient (Wildman–Crippen LogP) is 1.17. The summed E-state index contributed by atoms with van der Waals surface area (Å²) in [6.07, 6.45) is 0. The van der Waals surface area contributed by atoms with Crippen molar-refractivity contribution < 1.29 is 0 Å². The first kappa shape index (κ1) is 11.0. The summed E-state index contributed by atoms with van der Waals surface area (Å²) in [4.78, 5) is 0. The molecule has 0 unspecified atom stereocenters. The van der Waals surface area contributed by atoms with Crippen LogP contribution in [0.25, 0.3) is 0 Å². The summed E-state index contributed by atoms with van der Waals surface area (Å²) in [7, 11) is 1.94. The number of nitrogens with two attached hydrogens (primary N) is 1. The van der Waals surface area contributed by atoms with E-state index in [4.69, 9.17) is 5.73 Å². The molecule has 0 heterocycles. The molecule has 1 atom stereocenters. The van der Waals surface area contributed by atoms with Gasteiger partial charge in [-0.25, -0.2) is 0 Å². The van der Waals surface area contributed by atoms with E-state index in [2.05, 4.69) is 29.7 Å². The molecule has 0 bridgehead atoms. The van der Waals surface area contributed by atoms with E-state index >= 15 is 0 Å². The van der Waals surface area contributed by atoms with Crippen LogP contribution in [0, 0.1) is 0 Å². The molecule has 78 valence electrons. The SMILES string of the molecule is CNc1ccccc1CN[C@H](C)CN. The molecule has 3 nitrogen and oxygen atoms in total. The minimum atomic E-state index is 0.361. The molecule has 4 N–H and O–H groups in total. The fourth-order valence-corrected chi connectivity index (χ4v) is 1.29. The van der Waals surface area contributed by atoms with E-state index in [0.717, 1.165) is 6.54 Å². The Bertz CT molecular complexity index is 273. The third-order valence-corrected chi connectivity index (χ3v) is 2.28. The number of rotatable bonds is 5.